The van der Waals surface area contributed by atoms with Crippen LogP contribution in [0.2, 0.25) is 0 Å². The van der Waals surface area contributed by atoms with Crippen molar-refractivity contribution < 1.29 is 18.6 Å². The maximum atomic E-state index is 12.5. The molecule has 1 amide bonds. The lowest BCUT2D eigenvalue weighted by Gasteiger charge is -2.30. The van der Waals surface area contributed by atoms with E-state index >= 15 is 0 Å². The highest BCUT2D eigenvalue weighted by Gasteiger charge is 2.29. The maximum absolute atomic E-state index is 12.5. The minimum absolute atomic E-state index is 0.0370. The Kier molecular flexibility index (Phi) is 5.24. The van der Waals surface area contributed by atoms with Crippen LogP contribution in [-0.2, 0) is 22.4 Å². The molecule has 0 unspecified atom stereocenters. The minimum Gasteiger partial charge on any atom is -0.384 e. The molecule has 8 nitrogen and oxygen atoms in total. The molecule has 0 aromatic carbocycles. The van der Waals surface area contributed by atoms with Gasteiger partial charge < -0.3 is 18.7 Å². The fourth-order valence-electron chi connectivity index (χ4n) is 2.89. The van der Waals surface area contributed by atoms with Crippen molar-refractivity contribution >= 4 is 5.91 Å². The van der Waals surface area contributed by atoms with E-state index in [2.05, 4.69) is 15.3 Å². The number of carbonyl (C=O) groups excluding carboxylic acids is 1. The van der Waals surface area contributed by atoms with Gasteiger partial charge in [0.15, 0.2) is 5.82 Å². The quantitative estimate of drug-likeness (QED) is 0.790. The molecule has 130 valence electrons. The van der Waals surface area contributed by atoms with Crippen LogP contribution in [0.5, 0.6) is 0 Å². The van der Waals surface area contributed by atoms with Crippen molar-refractivity contribution in [3.8, 4) is 0 Å². The Bertz CT molecular complexity index is 681. The molecule has 24 heavy (non-hydrogen) atoms. The van der Waals surface area contributed by atoms with Gasteiger partial charge in [0, 0.05) is 32.7 Å². The van der Waals surface area contributed by atoms with E-state index in [-0.39, 0.29) is 18.2 Å². The molecule has 0 radical (unpaired) electrons. The predicted octanol–water partition coefficient (Wildman–Crippen LogP) is 1.50. The van der Waals surface area contributed by atoms with E-state index in [4.69, 9.17) is 13.8 Å². The van der Waals surface area contributed by atoms with Crippen LogP contribution < -0.4 is 0 Å². The van der Waals surface area contributed by atoms with Crippen LogP contribution in [0.1, 0.15) is 41.9 Å². The summed E-state index contributed by atoms with van der Waals surface area (Å²) in [5.41, 5.74) is 0.781. The highest BCUT2D eigenvalue weighted by molar-refractivity contribution is 5.78. The van der Waals surface area contributed by atoms with Gasteiger partial charge in [0.05, 0.1) is 24.6 Å². The summed E-state index contributed by atoms with van der Waals surface area (Å²) in [6.07, 6.45) is 2.72. The summed E-state index contributed by atoms with van der Waals surface area (Å²) in [7, 11) is 1.64. The molecular weight excluding hydrogens is 312 g/mol. The average Bonchev–Trinajstić information content (AvgIpc) is 3.22. The molecule has 1 fully saturated rings. The van der Waals surface area contributed by atoms with Gasteiger partial charge in [-0.3, -0.25) is 4.79 Å². The van der Waals surface area contributed by atoms with Crippen molar-refractivity contribution in [2.75, 3.05) is 26.8 Å². The molecule has 3 rings (SSSR count). The number of methoxy groups -OCH3 is 1. The van der Waals surface area contributed by atoms with Crippen LogP contribution in [0.15, 0.2) is 15.1 Å². The number of hydrogen-bond donors (Lipinski definition) is 0. The van der Waals surface area contributed by atoms with Gasteiger partial charge in [0.2, 0.25) is 11.8 Å². The van der Waals surface area contributed by atoms with Crippen LogP contribution in [-0.4, -0.2) is 52.9 Å². The first-order valence-corrected chi connectivity index (χ1v) is 8.17. The third kappa shape index (κ3) is 4.00. The molecule has 0 saturated carbocycles. The van der Waals surface area contributed by atoms with Crippen molar-refractivity contribution in [1.82, 2.24) is 20.2 Å². The van der Waals surface area contributed by atoms with E-state index in [9.17, 15) is 4.79 Å². The third-order valence-electron chi connectivity index (χ3n) is 4.14. The molecule has 1 atom stereocenters. The Morgan fingerprint density at radius 2 is 2.29 bits per heavy atom. The molecule has 1 saturated heterocycles. The smallest absolute Gasteiger partial charge is 0.231 e. The lowest BCUT2D eigenvalue weighted by molar-refractivity contribution is -0.132. The van der Waals surface area contributed by atoms with Gasteiger partial charge in [-0.15, -0.1) is 0 Å². The van der Waals surface area contributed by atoms with Crippen molar-refractivity contribution in [3.63, 3.8) is 0 Å². The molecule has 0 bridgehead atoms. The summed E-state index contributed by atoms with van der Waals surface area (Å²) in [6, 6.07) is 1.79. The van der Waals surface area contributed by atoms with Gasteiger partial charge in [0.25, 0.3) is 0 Å². The fourth-order valence-corrected chi connectivity index (χ4v) is 2.89. The first-order valence-electron chi connectivity index (χ1n) is 8.17. The van der Waals surface area contributed by atoms with Crippen molar-refractivity contribution in [2.24, 2.45) is 0 Å². The Morgan fingerprint density at radius 3 is 3.04 bits per heavy atom. The topological polar surface area (TPSA) is 94.5 Å². The van der Waals surface area contributed by atoms with Crippen LogP contribution >= 0.6 is 0 Å². The van der Waals surface area contributed by atoms with E-state index in [1.54, 1.807) is 13.2 Å². The first-order chi connectivity index (χ1) is 11.7. The number of aryl methyl sites for hydroxylation is 1. The lowest BCUT2D eigenvalue weighted by atomic mass is 9.97. The van der Waals surface area contributed by atoms with Crippen molar-refractivity contribution in [2.45, 2.75) is 38.5 Å². The molecule has 8 heteroatoms. The SMILES string of the molecule is COCCc1noc([C@@H]2CCCN(C(=O)Cc3cc(C)no3)C2)n1. The highest BCUT2D eigenvalue weighted by atomic mass is 16.5. The molecule has 2 aromatic rings. The van der Waals surface area contributed by atoms with Crippen LogP contribution in [0.4, 0.5) is 0 Å². The molecule has 1 aliphatic rings. The Morgan fingerprint density at radius 1 is 1.42 bits per heavy atom. The average molecular weight is 334 g/mol. The number of nitrogens with zero attached hydrogens (tertiary/aromatic N) is 4. The molecule has 3 heterocycles. The zero-order valence-electron chi connectivity index (χ0n) is 14.0. The maximum Gasteiger partial charge on any atom is 0.231 e. The third-order valence-corrected chi connectivity index (χ3v) is 4.14. The second kappa shape index (κ2) is 7.57. The highest BCUT2D eigenvalue weighted by Crippen LogP contribution is 2.26. The summed E-state index contributed by atoms with van der Waals surface area (Å²) in [5.74, 6) is 1.97. The lowest BCUT2D eigenvalue weighted by Crippen LogP contribution is -2.40. The summed E-state index contributed by atoms with van der Waals surface area (Å²) >= 11 is 0. The van der Waals surface area contributed by atoms with E-state index in [1.807, 2.05) is 11.8 Å². The second-order valence-corrected chi connectivity index (χ2v) is 6.08. The monoisotopic (exact) mass is 334 g/mol. The van der Waals surface area contributed by atoms with Crippen LogP contribution in [0.25, 0.3) is 0 Å². The Labute approximate surface area is 140 Å². The number of piperidine rings is 1. The van der Waals surface area contributed by atoms with Crippen molar-refractivity contribution in [3.05, 3.63) is 29.2 Å². The number of hydrogen-bond acceptors (Lipinski definition) is 7. The number of ether oxygens (including phenoxy) is 1. The Balaban J connectivity index is 1.59. The van der Waals surface area contributed by atoms with Crippen LogP contribution in [0, 0.1) is 6.92 Å². The van der Waals surface area contributed by atoms with E-state index < -0.39 is 0 Å². The van der Waals surface area contributed by atoms with Gasteiger partial charge >= 0.3 is 0 Å². The Hall–Kier alpha value is -2.22. The number of aromatic nitrogens is 3. The fraction of sp³-hybridized carbons (Fsp3) is 0.625. The molecule has 0 aliphatic carbocycles. The zero-order valence-corrected chi connectivity index (χ0v) is 14.0. The van der Waals surface area contributed by atoms with E-state index in [0.29, 0.717) is 37.0 Å². The predicted molar refractivity (Wildman–Crippen MR) is 83.4 cm³/mol. The van der Waals surface area contributed by atoms with Gasteiger partial charge in [-0.1, -0.05) is 10.3 Å². The summed E-state index contributed by atoms with van der Waals surface area (Å²) in [5, 5.41) is 7.79. The van der Waals surface area contributed by atoms with Gasteiger partial charge in [-0.2, -0.15) is 4.98 Å². The standard InChI is InChI=1S/C16H22N4O4/c1-11-8-13(23-18-11)9-15(21)20-6-3-4-12(10-20)16-17-14(19-24-16)5-7-22-2/h8,12H,3-7,9-10H2,1-2H3/t12-/m1/s1. The molecule has 2 aromatic heterocycles. The normalized spacial score (nSPS) is 18.1. The molecule has 0 spiro atoms. The molecular formula is C16H22N4O4. The minimum atomic E-state index is 0.0370. The van der Waals surface area contributed by atoms with Crippen LogP contribution in [0.3, 0.4) is 0 Å². The molecule has 1 aliphatic heterocycles. The molecule has 0 N–H and O–H groups in total. The van der Waals surface area contributed by atoms with E-state index in [1.165, 1.54) is 0 Å². The van der Waals surface area contributed by atoms with Crippen molar-refractivity contribution in [1.29, 1.82) is 0 Å². The van der Waals surface area contributed by atoms with Gasteiger partial charge in [0.1, 0.15) is 5.76 Å². The number of carbonyl (C=O) groups is 1. The summed E-state index contributed by atoms with van der Waals surface area (Å²) < 4.78 is 15.5. The largest absolute Gasteiger partial charge is 0.384 e. The second-order valence-electron chi connectivity index (χ2n) is 6.08. The number of likely N-dealkylation sites (tertiary alicyclic amines) is 1. The number of rotatable bonds is 6. The van der Waals surface area contributed by atoms with E-state index in [0.717, 1.165) is 25.1 Å². The zero-order chi connectivity index (χ0) is 16.9. The number of amides is 1. The van der Waals surface area contributed by atoms with Gasteiger partial charge in [-0.05, 0) is 19.8 Å². The summed E-state index contributed by atoms with van der Waals surface area (Å²) in [4.78, 5) is 18.7. The summed E-state index contributed by atoms with van der Waals surface area (Å²) in [6.45, 7) is 3.74. The first kappa shape index (κ1) is 16.6. The van der Waals surface area contributed by atoms with Gasteiger partial charge in [-0.25, -0.2) is 0 Å².